The third-order valence-corrected chi connectivity index (χ3v) is 4.85. The van der Waals surface area contributed by atoms with Crippen LogP contribution in [-0.4, -0.2) is 22.1 Å². The van der Waals surface area contributed by atoms with Crippen LogP contribution in [0.5, 0.6) is 6.01 Å². The monoisotopic (exact) mass is 402 g/mol. The molecule has 0 aliphatic rings. The molecule has 5 nitrogen and oxygen atoms in total. The molecule has 0 bridgehead atoms. The minimum atomic E-state index is 0.213. The fraction of sp³-hybridized carbons (Fsp3) is 0.250. The summed E-state index contributed by atoms with van der Waals surface area (Å²) in [6.07, 6.45) is 0. The summed E-state index contributed by atoms with van der Waals surface area (Å²) in [5, 5.41) is 1.25. The van der Waals surface area contributed by atoms with E-state index in [4.69, 9.17) is 33.7 Å². The van der Waals surface area contributed by atoms with Gasteiger partial charge in [0.2, 0.25) is 0 Å². The zero-order valence-corrected chi connectivity index (χ0v) is 16.8. The molecule has 0 spiro atoms. The molecule has 0 aliphatic carbocycles. The maximum atomic E-state index is 6.37. The van der Waals surface area contributed by atoms with Gasteiger partial charge in [0.25, 0.3) is 0 Å². The van der Waals surface area contributed by atoms with Crippen molar-refractivity contribution in [1.82, 2.24) is 15.0 Å². The van der Waals surface area contributed by atoms with E-state index >= 15 is 0 Å². The van der Waals surface area contributed by atoms with Crippen LogP contribution in [0.4, 0.5) is 0 Å². The SMILES string of the molecule is COc1nc(-c2ccc(Cl)c(C(C)C)c2)nc(-c2cc(CN)ccc2Cl)n1. The number of benzene rings is 2. The Morgan fingerprint density at radius 1 is 0.963 bits per heavy atom. The van der Waals surface area contributed by atoms with Crippen molar-refractivity contribution in [3.63, 3.8) is 0 Å². The van der Waals surface area contributed by atoms with Crippen molar-refractivity contribution in [2.45, 2.75) is 26.3 Å². The number of hydrogen-bond donors (Lipinski definition) is 1. The van der Waals surface area contributed by atoms with Crippen molar-refractivity contribution in [2.24, 2.45) is 5.73 Å². The Morgan fingerprint density at radius 3 is 2.33 bits per heavy atom. The summed E-state index contributed by atoms with van der Waals surface area (Å²) in [4.78, 5) is 13.4. The van der Waals surface area contributed by atoms with Crippen molar-refractivity contribution < 1.29 is 4.74 Å². The highest BCUT2D eigenvalue weighted by atomic mass is 35.5. The van der Waals surface area contributed by atoms with Crippen LogP contribution in [0.15, 0.2) is 36.4 Å². The highest BCUT2D eigenvalue weighted by Crippen LogP contribution is 2.31. The number of hydrogen-bond acceptors (Lipinski definition) is 5. The summed E-state index contributed by atoms with van der Waals surface area (Å²) in [5.41, 5.74) is 9.22. The lowest BCUT2D eigenvalue weighted by atomic mass is 10.0. The molecule has 3 aromatic rings. The molecule has 0 unspecified atom stereocenters. The van der Waals surface area contributed by atoms with Crippen molar-refractivity contribution in [2.75, 3.05) is 7.11 Å². The maximum Gasteiger partial charge on any atom is 0.320 e. The lowest BCUT2D eigenvalue weighted by Crippen LogP contribution is -2.02. The van der Waals surface area contributed by atoms with E-state index in [9.17, 15) is 0 Å². The second-order valence-corrected chi connectivity index (χ2v) is 7.19. The zero-order valence-electron chi connectivity index (χ0n) is 15.3. The first-order valence-electron chi connectivity index (χ1n) is 8.51. The minimum Gasteiger partial charge on any atom is -0.467 e. The number of ether oxygens (including phenoxy) is 1. The molecule has 140 valence electrons. The van der Waals surface area contributed by atoms with E-state index in [-0.39, 0.29) is 11.9 Å². The number of nitrogens with two attached hydrogens (primary N) is 1. The summed E-state index contributed by atoms with van der Waals surface area (Å²) >= 11 is 12.7. The van der Waals surface area contributed by atoms with Gasteiger partial charge < -0.3 is 10.5 Å². The topological polar surface area (TPSA) is 73.9 Å². The van der Waals surface area contributed by atoms with Gasteiger partial charge in [0.15, 0.2) is 11.6 Å². The molecule has 2 N–H and O–H groups in total. The van der Waals surface area contributed by atoms with Gasteiger partial charge in [-0.3, -0.25) is 0 Å². The van der Waals surface area contributed by atoms with Crippen LogP contribution >= 0.6 is 23.2 Å². The smallest absolute Gasteiger partial charge is 0.320 e. The van der Waals surface area contributed by atoms with E-state index in [2.05, 4.69) is 28.8 Å². The molecule has 1 aromatic heterocycles. The van der Waals surface area contributed by atoms with E-state index in [1.807, 2.05) is 30.3 Å². The second kappa shape index (κ2) is 8.21. The molecule has 0 saturated heterocycles. The molecule has 7 heteroatoms. The molecule has 0 aliphatic heterocycles. The average molecular weight is 403 g/mol. The summed E-state index contributed by atoms with van der Waals surface area (Å²) < 4.78 is 5.28. The molecular weight excluding hydrogens is 383 g/mol. The third-order valence-electron chi connectivity index (χ3n) is 4.18. The summed E-state index contributed by atoms with van der Waals surface area (Å²) in [7, 11) is 1.52. The van der Waals surface area contributed by atoms with E-state index in [0.717, 1.165) is 16.7 Å². The molecular formula is C20H20Cl2N4O. The normalized spacial score (nSPS) is 11.1. The Labute approximate surface area is 168 Å². The third kappa shape index (κ3) is 4.21. The van der Waals surface area contributed by atoms with Gasteiger partial charge in [-0.1, -0.05) is 43.1 Å². The lowest BCUT2D eigenvalue weighted by molar-refractivity contribution is 0.379. The second-order valence-electron chi connectivity index (χ2n) is 6.38. The van der Waals surface area contributed by atoms with Crippen LogP contribution in [0, 0.1) is 0 Å². The standard InChI is InChI=1S/C20H20Cl2N4O/c1-11(2)14-9-13(5-7-16(14)21)18-24-19(26-20(25-18)27-3)15-8-12(10-23)4-6-17(15)22/h4-9,11H,10,23H2,1-3H3. The number of halogens is 2. The predicted molar refractivity (Wildman–Crippen MR) is 109 cm³/mol. The first kappa shape index (κ1) is 19.5. The molecule has 3 rings (SSSR count). The maximum absolute atomic E-state index is 6.37. The van der Waals surface area contributed by atoms with Crippen LogP contribution in [0.2, 0.25) is 10.0 Å². The van der Waals surface area contributed by atoms with E-state index < -0.39 is 0 Å². The summed E-state index contributed by atoms with van der Waals surface area (Å²) in [6.45, 7) is 4.57. The number of nitrogens with zero attached hydrogens (tertiary/aromatic N) is 3. The minimum absolute atomic E-state index is 0.213. The first-order valence-corrected chi connectivity index (χ1v) is 9.27. The van der Waals surface area contributed by atoms with Gasteiger partial charge in [0.1, 0.15) is 0 Å². The number of methoxy groups -OCH3 is 1. The summed E-state index contributed by atoms with van der Waals surface area (Å²) in [5.74, 6) is 1.19. The summed E-state index contributed by atoms with van der Waals surface area (Å²) in [6, 6.07) is 11.5. The highest BCUT2D eigenvalue weighted by molar-refractivity contribution is 6.33. The quantitative estimate of drug-likeness (QED) is 0.641. The first-order chi connectivity index (χ1) is 12.9. The molecule has 0 radical (unpaired) electrons. The largest absolute Gasteiger partial charge is 0.467 e. The van der Waals surface area contributed by atoms with Crippen molar-refractivity contribution in [1.29, 1.82) is 0 Å². The van der Waals surface area contributed by atoms with Crippen molar-refractivity contribution in [3.05, 3.63) is 57.6 Å². The Morgan fingerprint density at radius 2 is 1.67 bits per heavy atom. The predicted octanol–water partition coefficient (Wildman–Crippen LogP) is 5.10. The van der Waals surface area contributed by atoms with Gasteiger partial charge >= 0.3 is 6.01 Å². The fourth-order valence-corrected chi connectivity index (χ4v) is 3.23. The average Bonchev–Trinajstić information content (AvgIpc) is 2.68. The van der Waals surface area contributed by atoms with Gasteiger partial charge in [-0.05, 0) is 47.4 Å². The Bertz CT molecular complexity index is 976. The van der Waals surface area contributed by atoms with Gasteiger partial charge in [-0.2, -0.15) is 9.97 Å². The van der Waals surface area contributed by atoms with Crippen LogP contribution in [0.1, 0.15) is 30.9 Å². The van der Waals surface area contributed by atoms with Gasteiger partial charge in [-0.25, -0.2) is 4.98 Å². The van der Waals surface area contributed by atoms with E-state index in [0.29, 0.717) is 33.8 Å². The molecule has 0 saturated carbocycles. The molecule has 27 heavy (non-hydrogen) atoms. The van der Waals surface area contributed by atoms with Crippen LogP contribution < -0.4 is 10.5 Å². The van der Waals surface area contributed by atoms with Gasteiger partial charge in [0, 0.05) is 22.7 Å². The number of rotatable bonds is 5. The van der Waals surface area contributed by atoms with E-state index in [1.165, 1.54) is 7.11 Å². The molecule has 0 atom stereocenters. The number of aromatic nitrogens is 3. The zero-order chi connectivity index (χ0) is 19.6. The van der Waals surface area contributed by atoms with Crippen molar-refractivity contribution >= 4 is 23.2 Å². The lowest BCUT2D eigenvalue weighted by Gasteiger charge is -2.12. The molecule has 1 heterocycles. The van der Waals surface area contributed by atoms with Gasteiger partial charge in [-0.15, -0.1) is 0 Å². The Hall–Kier alpha value is -2.21. The van der Waals surface area contributed by atoms with Crippen LogP contribution in [0.25, 0.3) is 22.8 Å². The Balaban J connectivity index is 2.17. The molecule has 0 fully saturated rings. The van der Waals surface area contributed by atoms with Crippen molar-refractivity contribution in [3.8, 4) is 28.8 Å². The van der Waals surface area contributed by atoms with Crippen LogP contribution in [0.3, 0.4) is 0 Å². The van der Waals surface area contributed by atoms with Crippen LogP contribution in [-0.2, 0) is 6.54 Å². The van der Waals surface area contributed by atoms with E-state index in [1.54, 1.807) is 6.07 Å². The fourth-order valence-electron chi connectivity index (χ4n) is 2.69. The molecule has 0 amide bonds. The highest BCUT2D eigenvalue weighted by Gasteiger charge is 2.15. The van der Waals surface area contributed by atoms with Gasteiger partial charge in [0.05, 0.1) is 12.1 Å². The molecule has 2 aromatic carbocycles. The Kier molecular flexibility index (Phi) is 5.95.